The monoisotopic (exact) mass is 422 g/mol. The molecule has 5 nitrogen and oxygen atoms in total. The summed E-state index contributed by atoms with van der Waals surface area (Å²) in [6, 6.07) is 16.1. The Bertz CT molecular complexity index is 983. The molecular formula is C22H22N4OS2. The number of anilines is 2. The molecule has 0 unspecified atom stereocenters. The Balaban J connectivity index is 1.31. The van der Waals surface area contributed by atoms with Gasteiger partial charge in [0.05, 0.1) is 17.1 Å². The van der Waals surface area contributed by atoms with Gasteiger partial charge in [0.2, 0.25) is 11.1 Å². The zero-order valence-electron chi connectivity index (χ0n) is 16.0. The molecule has 1 amide bonds. The van der Waals surface area contributed by atoms with E-state index < -0.39 is 0 Å². The molecule has 2 heterocycles. The highest BCUT2D eigenvalue weighted by molar-refractivity contribution is 8.00. The molecule has 1 fully saturated rings. The van der Waals surface area contributed by atoms with Crippen molar-refractivity contribution in [1.29, 1.82) is 0 Å². The zero-order chi connectivity index (χ0) is 19.6. The van der Waals surface area contributed by atoms with Crippen LogP contribution in [-0.2, 0) is 11.2 Å². The van der Waals surface area contributed by atoms with Gasteiger partial charge in [0, 0.05) is 16.2 Å². The molecule has 2 aliphatic rings. The number of H-pyrrole nitrogens is 1. The average Bonchev–Trinajstić information content (AvgIpc) is 3.42. The van der Waals surface area contributed by atoms with Crippen molar-refractivity contribution < 1.29 is 4.79 Å². The molecule has 1 aromatic heterocycles. The number of para-hydroxylation sites is 2. The van der Waals surface area contributed by atoms with E-state index >= 15 is 0 Å². The summed E-state index contributed by atoms with van der Waals surface area (Å²) in [6.07, 6.45) is 6.18. The molecule has 2 aromatic carbocycles. The van der Waals surface area contributed by atoms with Crippen LogP contribution in [0, 0.1) is 5.92 Å². The van der Waals surface area contributed by atoms with E-state index in [0.29, 0.717) is 10.9 Å². The predicted octanol–water partition coefficient (Wildman–Crippen LogP) is 5.46. The van der Waals surface area contributed by atoms with Gasteiger partial charge in [-0.25, -0.2) is 4.98 Å². The number of nitrogens with zero attached hydrogens (tertiary/aromatic N) is 3. The summed E-state index contributed by atoms with van der Waals surface area (Å²) in [5.41, 5.74) is 1.89. The van der Waals surface area contributed by atoms with E-state index in [9.17, 15) is 4.79 Å². The van der Waals surface area contributed by atoms with Crippen molar-refractivity contribution in [2.75, 3.05) is 10.7 Å². The predicted molar refractivity (Wildman–Crippen MR) is 117 cm³/mol. The lowest BCUT2D eigenvalue weighted by molar-refractivity contribution is -0.115. The number of aromatic nitrogens is 3. The Morgan fingerprint density at radius 3 is 2.41 bits per heavy atom. The maximum atomic E-state index is 13.2. The first-order valence-electron chi connectivity index (χ1n) is 10.0. The third-order valence-electron chi connectivity index (χ3n) is 5.47. The van der Waals surface area contributed by atoms with Crippen molar-refractivity contribution in [2.24, 2.45) is 5.92 Å². The fourth-order valence-electron chi connectivity index (χ4n) is 4.09. The third kappa shape index (κ3) is 3.94. The number of hydrogen-bond acceptors (Lipinski definition) is 5. The third-order valence-corrected chi connectivity index (χ3v) is 7.44. The first-order chi connectivity index (χ1) is 14.3. The second-order valence-electron chi connectivity index (χ2n) is 7.47. The first kappa shape index (κ1) is 18.8. The van der Waals surface area contributed by atoms with Crippen LogP contribution in [0.25, 0.3) is 0 Å². The molecule has 0 atom stereocenters. The highest BCUT2D eigenvalue weighted by Crippen LogP contribution is 2.48. The largest absolute Gasteiger partial charge is 0.278 e. The van der Waals surface area contributed by atoms with Crippen LogP contribution in [0.4, 0.5) is 11.4 Å². The molecule has 3 aromatic rings. The molecule has 0 saturated heterocycles. The summed E-state index contributed by atoms with van der Waals surface area (Å²) in [7, 11) is 0. The van der Waals surface area contributed by atoms with E-state index in [1.54, 1.807) is 11.8 Å². The van der Waals surface area contributed by atoms with Crippen LogP contribution in [0.2, 0.25) is 0 Å². The maximum absolute atomic E-state index is 13.2. The number of nitrogens with one attached hydrogen (secondary N) is 1. The molecule has 1 saturated carbocycles. The Hall–Kier alpha value is -2.25. The zero-order valence-corrected chi connectivity index (χ0v) is 17.6. The summed E-state index contributed by atoms with van der Waals surface area (Å²) in [5.74, 6) is 2.00. The van der Waals surface area contributed by atoms with Gasteiger partial charge >= 0.3 is 0 Å². The smallest absolute Gasteiger partial charge is 0.242 e. The lowest BCUT2D eigenvalue weighted by atomic mass is 10.0. The van der Waals surface area contributed by atoms with Gasteiger partial charge in [-0.1, -0.05) is 73.5 Å². The average molecular weight is 423 g/mol. The second-order valence-corrected chi connectivity index (χ2v) is 9.50. The van der Waals surface area contributed by atoms with Gasteiger partial charge in [-0.3, -0.25) is 14.8 Å². The molecule has 1 aliphatic carbocycles. The van der Waals surface area contributed by atoms with E-state index in [1.165, 1.54) is 37.4 Å². The summed E-state index contributed by atoms with van der Waals surface area (Å²) < 4.78 is 0. The number of benzene rings is 2. The van der Waals surface area contributed by atoms with Crippen molar-refractivity contribution in [3.63, 3.8) is 0 Å². The standard InChI is InChI=1S/C22H22N4OS2/c27-21(14-28-22-23-20(24-25-22)13-15-7-1-2-8-15)26-16-9-3-5-11-18(16)29-19-12-6-4-10-17(19)26/h3-6,9-12,15H,1-2,7-8,13-14H2,(H,23,24,25). The molecule has 0 bridgehead atoms. The van der Waals surface area contributed by atoms with Gasteiger partial charge < -0.3 is 0 Å². The van der Waals surface area contributed by atoms with Crippen molar-refractivity contribution in [3.05, 3.63) is 54.4 Å². The lowest BCUT2D eigenvalue weighted by Gasteiger charge is -2.30. The molecule has 0 radical (unpaired) electrons. The maximum Gasteiger partial charge on any atom is 0.242 e. The minimum absolute atomic E-state index is 0.0392. The van der Waals surface area contributed by atoms with Crippen molar-refractivity contribution in [1.82, 2.24) is 15.2 Å². The van der Waals surface area contributed by atoms with Crippen molar-refractivity contribution in [3.8, 4) is 0 Å². The molecule has 0 spiro atoms. The number of rotatable bonds is 5. The quantitative estimate of drug-likeness (QED) is 0.553. The van der Waals surface area contributed by atoms with Crippen LogP contribution in [0.3, 0.4) is 0 Å². The molecule has 1 N–H and O–H groups in total. The summed E-state index contributed by atoms with van der Waals surface area (Å²) in [5, 5.41) is 8.03. The van der Waals surface area contributed by atoms with E-state index in [4.69, 9.17) is 0 Å². The topological polar surface area (TPSA) is 61.9 Å². The van der Waals surface area contributed by atoms with Crippen LogP contribution < -0.4 is 4.90 Å². The number of aromatic amines is 1. The van der Waals surface area contributed by atoms with Crippen LogP contribution in [0.15, 0.2) is 63.5 Å². The van der Waals surface area contributed by atoms with Gasteiger partial charge in [0.25, 0.3) is 0 Å². The number of hydrogen-bond donors (Lipinski definition) is 1. The lowest BCUT2D eigenvalue weighted by Crippen LogP contribution is -2.30. The van der Waals surface area contributed by atoms with Crippen molar-refractivity contribution in [2.45, 2.75) is 47.1 Å². The number of carbonyl (C=O) groups is 1. The normalized spacial score (nSPS) is 15.9. The Morgan fingerprint density at radius 1 is 1.07 bits per heavy atom. The van der Waals surface area contributed by atoms with E-state index in [2.05, 4.69) is 27.3 Å². The van der Waals surface area contributed by atoms with Crippen molar-refractivity contribution >= 4 is 40.8 Å². The van der Waals surface area contributed by atoms with Gasteiger partial charge in [0.15, 0.2) is 0 Å². The minimum atomic E-state index is 0.0392. The van der Waals surface area contributed by atoms with Gasteiger partial charge in [0.1, 0.15) is 5.82 Å². The van der Waals surface area contributed by atoms with Crippen LogP contribution >= 0.6 is 23.5 Å². The Labute approximate surface area is 178 Å². The summed E-state index contributed by atoms with van der Waals surface area (Å²) in [4.78, 5) is 21.8. The minimum Gasteiger partial charge on any atom is -0.278 e. The van der Waals surface area contributed by atoms with Crippen LogP contribution in [0.5, 0.6) is 0 Å². The molecule has 7 heteroatoms. The van der Waals surface area contributed by atoms with Crippen LogP contribution in [0.1, 0.15) is 31.5 Å². The van der Waals surface area contributed by atoms with Gasteiger partial charge in [-0.2, -0.15) is 0 Å². The van der Waals surface area contributed by atoms with E-state index in [1.807, 2.05) is 41.3 Å². The molecular weight excluding hydrogens is 400 g/mol. The van der Waals surface area contributed by atoms with E-state index in [-0.39, 0.29) is 5.91 Å². The molecule has 29 heavy (non-hydrogen) atoms. The molecule has 5 rings (SSSR count). The number of fused-ring (bicyclic) bond motifs is 2. The summed E-state index contributed by atoms with van der Waals surface area (Å²) in [6.45, 7) is 0. The number of carbonyl (C=O) groups excluding carboxylic acids is 1. The van der Waals surface area contributed by atoms with Crippen LogP contribution in [-0.4, -0.2) is 26.8 Å². The Kier molecular flexibility index (Phi) is 5.33. The number of amides is 1. The molecule has 148 valence electrons. The van der Waals surface area contributed by atoms with E-state index in [0.717, 1.165) is 39.3 Å². The SMILES string of the molecule is O=C(CSc1n[nH]c(CC2CCCC2)n1)N1c2ccccc2Sc2ccccc21. The fourth-order valence-corrected chi connectivity index (χ4v) is 5.81. The highest BCUT2D eigenvalue weighted by atomic mass is 32.2. The van der Waals surface area contributed by atoms with Gasteiger partial charge in [-0.15, -0.1) is 5.10 Å². The summed E-state index contributed by atoms with van der Waals surface area (Å²) >= 11 is 3.10. The number of thioether (sulfide) groups is 1. The van der Waals surface area contributed by atoms with Gasteiger partial charge in [-0.05, 0) is 30.2 Å². The second kappa shape index (κ2) is 8.24. The molecule has 1 aliphatic heterocycles. The highest BCUT2D eigenvalue weighted by Gasteiger charge is 2.28. The Morgan fingerprint density at radius 2 is 1.72 bits per heavy atom. The first-order valence-corrected chi connectivity index (χ1v) is 11.8. The fraction of sp³-hybridized carbons (Fsp3) is 0.318.